The van der Waals surface area contributed by atoms with E-state index in [0.29, 0.717) is 0 Å². The second-order valence-corrected chi connectivity index (χ2v) is 6.09. The molecule has 3 aromatic carbocycles. The van der Waals surface area contributed by atoms with Crippen molar-refractivity contribution in [3.8, 4) is 0 Å². The van der Waals surface area contributed by atoms with Crippen molar-refractivity contribution in [1.29, 1.82) is 0 Å². The largest absolute Gasteiger partial charge is 0.344 e. The van der Waals surface area contributed by atoms with Crippen molar-refractivity contribution in [3.63, 3.8) is 0 Å². The zero-order valence-corrected chi connectivity index (χ0v) is 14.7. The number of benzene rings is 3. The van der Waals surface area contributed by atoms with Crippen molar-refractivity contribution in [2.45, 2.75) is 11.6 Å². The highest BCUT2D eigenvalue weighted by molar-refractivity contribution is 5.46. The van der Waals surface area contributed by atoms with Gasteiger partial charge >= 0.3 is 0 Å². The van der Waals surface area contributed by atoms with Gasteiger partial charge in [-0.15, -0.1) is 0 Å². The molecule has 0 spiro atoms. The lowest BCUT2D eigenvalue weighted by Crippen LogP contribution is -2.47. The van der Waals surface area contributed by atoms with E-state index in [1.165, 1.54) is 0 Å². The number of methoxy groups -OCH3 is 2. The van der Waals surface area contributed by atoms with Gasteiger partial charge in [0.25, 0.3) is 11.6 Å². The molecule has 0 N–H and O–H groups in total. The van der Waals surface area contributed by atoms with E-state index in [1.807, 2.05) is 84.9 Å². The Balaban J connectivity index is 1.96. The summed E-state index contributed by atoms with van der Waals surface area (Å²) in [6, 6.07) is 27.3. The van der Waals surface area contributed by atoms with Crippen LogP contribution in [0, 0.1) is 0 Å². The van der Waals surface area contributed by atoms with Crippen LogP contribution in [-0.2, 0) is 30.8 Å². The van der Waals surface area contributed by atoms with Crippen LogP contribution in [0.15, 0.2) is 84.9 Å². The van der Waals surface area contributed by atoms with Crippen LogP contribution in [0.5, 0.6) is 0 Å². The fourth-order valence-electron chi connectivity index (χ4n) is 3.51. The number of ether oxygens (including phenoxy) is 2. The van der Waals surface area contributed by atoms with Crippen LogP contribution in [0.1, 0.15) is 22.3 Å². The van der Waals surface area contributed by atoms with Gasteiger partial charge in [0.15, 0.2) is 0 Å². The zero-order chi connectivity index (χ0) is 18.0. The molecule has 1 heterocycles. The SMILES string of the molecule is CO[C@@]1(c2ccccc2)OO[C@@](OC)(c2ccccc2)c2ccccc21. The summed E-state index contributed by atoms with van der Waals surface area (Å²) in [5.74, 6) is -2.34. The van der Waals surface area contributed by atoms with Crippen molar-refractivity contribution in [3.05, 3.63) is 107 Å². The van der Waals surface area contributed by atoms with Gasteiger partial charge in [0, 0.05) is 36.5 Å². The van der Waals surface area contributed by atoms with Crippen LogP contribution in [0.2, 0.25) is 0 Å². The summed E-state index contributed by atoms with van der Waals surface area (Å²) in [4.78, 5) is 11.9. The molecule has 26 heavy (non-hydrogen) atoms. The van der Waals surface area contributed by atoms with Crippen LogP contribution in [0.4, 0.5) is 0 Å². The highest BCUT2D eigenvalue weighted by atomic mass is 17.3. The number of hydrogen-bond acceptors (Lipinski definition) is 4. The first-order valence-corrected chi connectivity index (χ1v) is 8.45. The molecule has 0 unspecified atom stereocenters. The molecule has 0 aromatic heterocycles. The monoisotopic (exact) mass is 348 g/mol. The van der Waals surface area contributed by atoms with Crippen molar-refractivity contribution in [2.24, 2.45) is 0 Å². The van der Waals surface area contributed by atoms with Gasteiger partial charge in [-0.3, -0.25) is 0 Å². The van der Waals surface area contributed by atoms with Gasteiger partial charge in [0.05, 0.1) is 0 Å². The maximum atomic E-state index is 5.94. The predicted octanol–water partition coefficient (Wildman–Crippen LogP) is 4.34. The third-order valence-corrected chi connectivity index (χ3v) is 4.80. The molecule has 0 saturated carbocycles. The molecule has 3 aromatic rings. The van der Waals surface area contributed by atoms with Crippen LogP contribution in [0.3, 0.4) is 0 Å². The maximum Gasteiger partial charge on any atom is 0.254 e. The highest BCUT2D eigenvalue weighted by Gasteiger charge is 2.52. The molecule has 4 rings (SSSR count). The third-order valence-electron chi connectivity index (χ3n) is 4.80. The zero-order valence-electron chi connectivity index (χ0n) is 14.7. The lowest BCUT2D eigenvalue weighted by Gasteiger charge is -2.44. The van der Waals surface area contributed by atoms with Gasteiger partial charge in [0.2, 0.25) is 0 Å². The van der Waals surface area contributed by atoms with E-state index in [9.17, 15) is 0 Å². The number of fused-ring (bicyclic) bond motifs is 1. The van der Waals surface area contributed by atoms with Gasteiger partial charge in [-0.25, -0.2) is 0 Å². The average Bonchev–Trinajstić information content (AvgIpc) is 2.74. The fourth-order valence-corrected chi connectivity index (χ4v) is 3.51. The molecule has 0 amide bonds. The second kappa shape index (κ2) is 6.67. The molecule has 2 atom stereocenters. The minimum Gasteiger partial charge on any atom is -0.344 e. The summed E-state index contributed by atoms with van der Waals surface area (Å²) in [5, 5.41) is 0. The van der Waals surface area contributed by atoms with Crippen molar-refractivity contribution in [1.82, 2.24) is 0 Å². The first-order valence-electron chi connectivity index (χ1n) is 8.45. The molecule has 0 bridgehead atoms. The molecular formula is C22H20O4. The predicted molar refractivity (Wildman–Crippen MR) is 97.1 cm³/mol. The molecular weight excluding hydrogens is 328 g/mol. The van der Waals surface area contributed by atoms with E-state index in [4.69, 9.17) is 19.2 Å². The Morgan fingerprint density at radius 1 is 0.538 bits per heavy atom. The lowest BCUT2D eigenvalue weighted by atomic mass is 9.86. The Morgan fingerprint density at radius 3 is 1.23 bits per heavy atom. The Labute approximate surface area is 152 Å². The van der Waals surface area contributed by atoms with E-state index in [0.717, 1.165) is 22.3 Å². The van der Waals surface area contributed by atoms with E-state index in [-0.39, 0.29) is 0 Å². The molecule has 1 aliphatic heterocycles. The minimum atomic E-state index is -1.17. The summed E-state index contributed by atoms with van der Waals surface area (Å²) in [6.07, 6.45) is 0. The Hall–Kier alpha value is -2.50. The van der Waals surface area contributed by atoms with E-state index in [2.05, 4.69) is 0 Å². The summed E-state index contributed by atoms with van der Waals surface area (Å²) in [7, 11) is 3.21. The van der Waals surface area contributed by atoms with Gasteiger partial charge in [-0.05, 0) is 0 Å². The molecule has 4 nitrogen and oxygen atoms in total. The Morgan fingerprint density at radius 2 is 0.885 bits per heavy atom. The lowest BCUT2D eigenvalue weighted by molar-refractivity contribution is -0.504. The van der Waals surface area contributed by atoms with Crippen molar-refractivity contribution in [2.75, 3.05) is 14.2 Å². The topological polar surface area (TPSA) is 36.9 Å². The summed E-state index contributed by atoms with van der Waals surface area (Å²) < 4.78 is 11.7. The van der Waals surface area contributed by atoms with Crippen LogP contribution in [-0.4, -0.2) is 14.2 Å². The van der Waals surface area contributed by atoms with Gasteiger partial charge in [-0.1, -0.05) is 84.9 Å². The molecule has 0 aliphatic carbocycles. The molecule has 132 valence electrons. The van der Waals surface area contributed by atoms with Gasteiger partial charge in [-0.2, -0.15) is 9.78 Å². The first-order chi connectivity index (χ1) is 12.8. The normalized spacial score (nSPS) is 24.8. The van der Waals surface area contributed by atoms with E-state index >= 15 is 0 Å². The quantitative estimate of drug-likeness (QED) is 0.657. The first kappa shape index (κ1) is 16.9. The summed E-state index contributed by atoms with van der Waals surface area (Å²) >= 11 is 0. The Kier molecular flexibility index (Phi) is 4.34. The maximum absolute atomic E-state index is 5.94. The summed E-state index contributed by atoms with van der Waals surface area (Å²) in [5.41, 5.74) is 3.36. The van der Waals surface area contributed by atoms with Crippen LogP contribution < -0.4 is 0 Å². The molecule has 4 heteroatoms. The van der Waals surface area contributed by atoms with E-state index in [1.54, 1.807) is 14.2 Å². The smallest absolute Gasteiger partial charge is 0.254 e. The van der Waals surface area contributed by atoms with Crippen LogP contribution >= 0.6 is 0 Å². The van der Waals surface area contributed by atoms with Crippen molar-refractivity contribution < 1.29 is 19.2 Å². The standard InChI is InChI=1S/C22H20O4/c1-23-21(17-11-5-3-6-12-17)19-15-9-10-16-20(19)22(24-2,26-25-21)18-13-7-4-8-14-18/h3-16H,1-2H3/t21-,22-/m0/s1. The third kappa shape index (κ3) is 2.39. The number of rotatable bonds is 4. The van der Waals surface area contributed by atoms with Gasteiger partial charge < -0.3 is 9.47 Å². The average molecular weight is 348 g/mol. The fraction of sp³-hybridized carbons (Fsp3) is 0.182. The molecule has 0 radical (unpaired) electrons. The molecule has 1 aliphatic rings. The Bertz CT molecular complexity index is 806. The number of hydrogen-bond donors (Lipinski definition) is 0. The van der Waals surface area contributed by atoms with Crippen LogP contribution in [0.25, 0.3) is 0 Å². The van der Waals surface area contributed by atoms with E-state index < -0.39 is 11.6 Å². The second-order valence-electron chi connectivity index (χ2n) is 6.09. The van der Waals surface area contributed by atoms with Crippen molar-refractivity contribution >= 4 is 0 Å². The molecule has 0 saturated heterocycles. The highest BCUT2D eigenvalue weighted by Crippen LogP contribution is 2.49. The molecule has 0 fully saturated rings. The summed E-state index contributed by atoms with van der Waals surface area (Å²) in [6.45, 7) is 0. The minimum absolute atomic E-state index is 0.839. The van der Waals surface area contributed by atoms with Gasteiger partial charge in [0.1, 0.15) is 0 Å².